The molecule has 5 nitrogen and oxygen atoms in total. The van der Waals surface area contributed by atoms with Gasteiger partial charge in [-0.1, -0.05) is 12.1 Å². The van der Waals surface area contributed by atoms with Gasteiger partial charge in [0.25, 0.3) is 0 Å². The van der Waals surface area contributed by atoms with E-state index in [1.807, 2.05) is 0 Å². The van der Waals surface area contributed by atoms with E-state index in [2.05, 4.69) is 4.72 Å². The van der Waals surface area contributed by atoms with Crippen molar-refractivity contribution in [3.05, 3.63) is 59.7 Å². The molecule has 0 saturated carbocycles. The molecule has 0 heterocycles. The van der Waals surface area contributed by atoms with E-state index in [1.165, 1.54) is 31.2 Å². The summed E-state index contributed by atoms with van der Waals surface area (Å²) in [6.07, 6.45) is 0.968. The molecule has 24 heavy (non-hydrogen) atoms. The fourth-order valence-electron chi connectivity index (χ4n) is 2.02. The lowest BCUT2D eigenvalue weighted by molar-refractivity contribution is 0.504. The number of nitrogens with one attached hydrogen (secondary N) is 1. The van der Waals surface area contributed by atoms with Crippen LogP contribution in [0.5, 0.6) is 0 Å². The molecule has 0 aromatic heterocycles. The molecule has 2 aromatic rings. The minimum absolute atomic E-state index is 0.133. The van der Waals surface area contributed by atoms with Gasteiger partial charge in [0, 0.05) is 12.3 Å². The Hall–Kier alpha value is -1.84. The highest BCUT2D eigenvalue weighted by molar-refractivity contribution is 7.91. The van der Waals surface area contributed by atoms with E-state index < -0.39 is 37.5 Å². The van der Waals surface area contributed by atoms with Crippen molar-refractivity contribution in [2.24, 2.45) is 0 Å². The van der Waals surface area contributed by atoms with Crippen molar-refractivity contribution in [3.63, 3.8) is 0 Å². The van der Waals surface area contributed by atoms with E-state index >= 15 is 0 Å². The largest absolute Gasteiger partial charge is 0.241 e. The Balaban J connectivity index is 2.32. The maximum Gasteiger partial charge on any atom is 0.241 e. The van der Waals surface area contributed by atoms with Gasteiger partial charge in [0.05, 0.1) is 9.79 Å². The van der Waals surface area contributed by atoms with Crippen LogP contribution in [0.1, 0.15) is 18.5 Å². The molecule has 0 amide bonds. The number of sulfone groups is 1. The van der Waals surface area contributed by atoms with Gasteiger partial charge in [-0.3, -0.25) is 0 Å². The topological polar surface area (TPSA) is 80.3 Å². The first-order chi connectivity index (χ1) is 11.0. The van der Waals surface area contributed by atoms with Gasteiger partial charge in [-0.15, -0.1) is 0 Å². The minimum atomic E-state index is -4.04. The summed E-state index contributed by atoms with van der Waals surface area (Å²) in [6.45, 7) is 1.46. The summed E-state index contributed by atoms with van der Waals surface area (Å²) < 4.78 is 76.3. The van der Waals surface area contributed by atoms with Crippen molar-refractivity contribution in [2.45, 2.75) is 22.8 Å². The van der Waals surface area contributed by atoms with Crippen molar-refractivity contribution in [3.8, 4) is 0 Å². The molecule has 0 radical (unpaired) electrons. The molecule has 0 aliphatic rings. The Labute approximate surface area is 139 Å². The molecule has 0 fully saturated rings. The van der Waals surface area contributed by atoms with Gasteiger partial charge in [-0.05, 0) is 42.8 Å². The van der Waals surface area contributed by atoms with E-state index in [0.717, 1.165) is 24.5 Å². The Bertz CT molecular complexity index is 973. The van der Waals surface area contributed by atoms with Gasteiger partial charge in [0.15, 0.2) is 21.5 Å². The molecule has 2 aromatic carbocycles. The summed E-state index contributed by atoms with van der Waals surface area (Å²) in [5, 5.41) is 0. The van der Waals surface area contributed by atoms with E-state index in [9.17, 15) is 25.6 Å². The summed E-state index contributed by atoms with van der Waals surface area (Å²) in [6, 6.07) is 7.10. The molecule has 0 spiro atoms. The van der Waals surface area contributed by atoms with Crippen LogP contribution >= 0.6 is 0 Å². The van der Waals surface area contributed by atoms with E-state index in [0.29, 0.717) is 0 Å². The Morgan fingerprint density at radius 2 is 1.54 bits per heavy atom. The highest BCUT2D eigenvalue weighted by atomic mass is 32.2. The second-order valence-corrected chi connectivity index (χ2v) is 8.99. The van der Waals surface area contributed by atoms with Gasteiger partial charge >= 0.3 is 0 Å². The lowest BCUT2D eigenvalue weighted by atomic mass is 10.1. The summed E-state index contributed by atoms with van der Waals surface area (Å²) in [5.74, 6) is -2.12. The number of benzene rings is 2. The Kier molecular flexibility index (Phi) is 5.07. The molecule has 1 N–H and O–H groups in total. The van der Waals surface area contributed by atoms with Crippen molar-refractivity contribution in [2.75, 3.05) is 6.26 Å². The maximum atomic E-state index is 13.3. The number of rotatable bonds is 5. The molecule has 0 bridgehead atoms. The summed E-state index contributed by atoms with van der Waals surface area (Å²) in [5.41, 5.74) is 0.233. The lowest BCUT2D eigenvalue weighted by Crippen LogP contribution is -2.27. The first kappa shape index (κ1) is 18.5. The molecular weight excluding hydrogens is 360 g/mol. The first-order valence-electron chi connectivity index (χ1n) is 6.78. The zero-order valence-corrected chi connectivity index (χ0v) is 14.5. The van der Waals surface area contributed by atoms with Gasteiger partial charge < -0.3 is 0 Å². The Morgan fingerprint density at radius 3 is 2.12 bits per heavy atom. The van der Waals surface area contributed by atoms with Crippen LogP contribution in [-0.2, 0) is 19.9 Å². The van der Waals surface area contributed by atoms with Crippen molar-refractivity contribution < 1.29 is 25.6 Å². The smallest absolute Gasteiger partial charge is 0.224 e. The molecule has 1 unspecified atom stereocenters. The third kappa shape index (κ3) is 4.16. The van der Waals surface area contributed by atoms with Crippen LogP contribution in [0, 0.1) is 11.6 Å². The molecule has 0 aliphatic heterocycles. The normalized spacial score (nSPS) is 13.7. The van der Waals surface area contributed by atoms with E-state index in [1.54, 1.807) is 0 Å². The van der Waals surface area contributed by atoms with Crippen LogP contribution in [0.3, 0.4) is 0 Å². The predicted octanol–water partition coefficient (Wildman–Crippen LogP) is 2.41. The zero-order valence-electron chi connectivity index (χ0n) is 12.8. The predicted molar refractivity (Wildman–Crippen MR) is 84.6 cm³/mol. The van der Waals surface area contributed by atoms with Crippen LogP contribution in [0.25, 0.3) is 0 Å². The second kappa shape index (κ2) is 6.58. The molecule has 0 aliphatic carbocycles. The number of sulfonamides is 1. The van der Waals surface area contributed by atoms with Crippen molar-refractivity contribution in [1.82, 2.24) is 4.72 Å². The molecule has 130 valence electrons. The summed E-state index contributed by atoms with van der Waals surface area (Å²) in [7, 11) is -7.60. The average Bonchev–Trinajstić information content (AvgIpc) is 2.49. The number of halogens is 2. The van der Waals surface area contributed by atoms with E-state index in [-0.39, 0.29) is 15.4 Å². The highest BCUT2D eigenvalue weighted by Crippen LogP contribution is 2.20. The third-order valence-corrected chi connectivity index (χ3v) is 5.97. The lowest BCUT2D eigenvalue weighted by Gasteiger charge is -2.15. The van der Waals surface area contributed by atoms with Crippen molar-refractivity contribution in [1.29, 1.82) is 0 Å². The minimum Gasteiger partial charge on any atom is -0.224 e. The highest BCUT2D eigenvalue weighted by Gasteiger charge is 2.21. The molecular formula is C15H15F2NO4S2. The second-order valence-electron chi connectivity index (χ2n) is 5.26. The fraction of sp³-hybridized carbons (Fsp3) is 0.200. The summed E-state index contributed by atoms with van der Waals surface area (Å²) >= 11 is 0. The van der Waals surface area contributed by atoms with Gasteiger partial charge in [0.2, 0.25) is 10.0 Å². The third-order valence-electron chi connectivity index (χ3n) is 3.32. The van der Waals surface area contributed by atoms with E-state index in [4.69, 9.17) is 0 Å². The van der Waals surface area contributed by atoms with Crippen molar-refractivity contribution >= 4 is 19.9 Å². The molecule has 2 rings (SSSR count). The first-order valence-corrected chi connectivity index (χ1v) is 10.2. The SMILES string of the molecule is CC(NS(=O)(=O)c1cccc(S(C)(=O)=O)c1)c1ccc(F)c(F)c1. The standard InChI is InChI=1S/C15H15F2NO4S2/c1-10(11-6-7-14(16)15(17)8-11)18-24(21,22)13-5-3-4-12(9-13)23(2,19)20/h3-10,18H,1-2H3. The Morgan fingerprint density at radius 1 is 0.917 bits per heavy atom. The van der Waals surface area contributed by atoms with Crippen LogP contribution in [-0.4, -0.2) is 23.1 Å². The van der Waals surface area contributed by atoms with Gasteiger partial charge in [-0.25, -0.2) is 30.3 Å². The monoisotopic (exact) mass is 375 g/mol. The zero-order chi connectivity index (χ0) is 18.1. The number of hydrogen-bond acceptors (Lipinski definition) is 4. The van der Waals surface area contributed by atoms with Crippen LogP contribution < -0.4 is 4.72 Å². The molecule has 0 saturated heterocycles. The summed E-state index contributed by atoms with van der Waals surface area (Å²) in [4.78, 5) is -0.370. The van der Waals surface area contributed by atoms with Crippen LogP contribution in [0.15, 0.2) is 52.3 Å². The average molecular weight is 375 g/mol. The number of hydrogen-bond donors (Lipinski definition) is 1. The van der Waals surface area contributed by atoms with Gasteiger partial charge in [0.1, 0.15) is 0 Å². The molecule has 9 heteroatoms. The quantitative estimate of drug-likeness (QED) is 0.870. The van der Waals surface area contributed by atoms with Gasteiger partial charge in [-0.2, -0.15) is 0 Å². The maximum absolute atomic E-state index is 13.3. The van der Waals surface area contributed by atoms with Crippen LogP contribution in [0.2, 0.25) is 0 Å². The molecule has 1 atom stereocenters. The fourth-order valence-corrected chi connectivity index (χ4v) is 4.04. The van der Waals surface area contributed by atoms with Crippen LogP contribution in [0.4, 0.5) is 8.78 Å².